The SMILES string of the molecule is COc1ccc(C(=O)OC(C)CN2CCCC2)cc1. The van der Waals surface area contributed by atoms with Crippen molar-refractivity contribution in [1.82, 2.24) is 4.90 Å². The summed E-state index contributed by atoms with van der Waals surface area (Å²) in [6.45, 7) is 5.00. The number of carbonyl (C=O) groups excluding carboxylic acids is 1. The van der Waals surface area contributed by atoms with Crippen LogP contribution >= 0.6 is 0 Å². The monoisotopic (exact) mass is 263 g/mol. The van der Waals surface area contributed by atoms with Gasteiger partial charge in [-0.15, -0.1) is 0 Å². The van der Waals surface area contributed by atoms with Gasteiger partial charge in [0.15, 0.2) is 0 Å². The van der Waals surface area contributed by atoms with E-state index >= 15 is 0 Å². The van der Waals surface area contributed by atoms with Gasteiger partial charge >= 0.3 is 5.97 Å². The largest absolute Gasteiger partial charge is 0.497 e. The van der Waals surface area contributed by atoms with Crippen LogP contribution in [-0.2, 0) is 4.74 Å². The second kappa shape index (κ2) is 6.57. The molecule has 1 aliphatic rings. The summed E-state index contributed by atoms with van der Waals surface area (Å²) in [5, 5.41) is 0. The highest BCUT2D eigenvalue weighted by Gasteiger charge is 2.18. The highest BCUT2D eigenvalue weighted by molar-refractivity contribution is 5.89. The van der Waals surface area contributed by atoms with Crippen molar-refractivity contribution >= 4 is 5.97 Å². The highest BCUT2D eigenvalue weighted by atomic mass is 16.5. The van der Waals surface area contributed by atoms with E-state index in [1.165, 1.54) is 12.8 Å². The Labute approximate surface area is 114 Å². The first kappa shape index (κ1) is 13.9. The number of ether oxygens (including phenoxy) is 2. The second-order valence-corrected chi connectivity index (χ2v) is 4.95. The van der Waals surface area contributed by atoms with Crippen molar-refractivity contribution in [1.29, 1.82) is 0 Å². The second-order valence-electron chi connectivity index (χ2n) is 4.95. The van der Waals surface area contributed by atoms with Crippen LogP contribution in [0.3, 0.4) is 0 Å². The number of esters is 1. The maximum Gasteiger partial charge on any atom is 0.338 e. The topological polar surface area (TPSA) is 38.8 Å². The molecule has 0 saturated carbocycles. The zero-order valence-electron chi connectivity index (χ0n) is 11.6. The minimum absolute atomic E-state index is 0.0762. The molecule has 1 unspecified atom stereocenters. The van der Waals surface area contributed by atoms with Crippen LogP contribution in [0.5, 0.6) is 5.75 Å². The summed E-state index contributed by atoms with van der Waals surface area (Å²) < 4.78 is 10.5. The quantitative estimate of drug-likeness (QED) is 0.764. The zero-order chi connectivity index (χ0) is 13.7. The molecular weight excluding hydrogens is 242 g/mol. The maximum atomic E-state index is 11.9. The van der Waals surface area contributed by atoms with E-state index in [-0.39, 0.29) is 12.1 Å². The molecule has 0 bridgehead atoms. The number of carbonyl (C=O) groups is 1. The van der Waals surface area contributed by atoms with Crippen molar-refractivity contribution in [3.8, 4) is 5.75 Å². The van der Waals surface area contributed by atoms with Crippen LogP contribution in [0.1, 0.15) is 30.1 Å². The van der Waals surface area contributed by atoms with E-state index in [0.29, 0.717) is 5.56 Å². The van der Waals surface area contributed by atoms with E-state index in [1.54, 1.807) is 31.4 Å². The Morgan fingerprint density at radius 3 is 2.47 bits per heavy atom. The first-order valence-corrected chi connectivity index (χ1v) is 6.76. The van der Waals surface area contributed by atoms with Gasteiger partial charge in [-0.25, -0.2) is 4.79 Å². The Kier molecular flexibility index (Phi) is 4.80. The zero-order valence-corrected chi connectivity index (χ0v) is 11.6. The average Bonchev–Trinajstić information content (AvgIpc) is 2.91. The molecule has 1 aromatic carbocycles. The van der Waals surface area contributed by atoms with E-state index in [4.69, 9.17) is 9.47 Å². The van der Waals surface area contributed by atoms with Gasteiger partial charge in [0.05, 0.1) is 12.7 Å². The fraction of sp³-hybridized carbons (Fsp3) is 0.533. The van der Waals surface area contributed by atoms with Crippen LogP contribution in [0, 0.1) is 0 Å². The predicted octanol–water partition coefficient (Wildman–Crippen LogP) is 2.34. The molecule has 0 amide bonds. The Balaban J connectivity index is 1.84. The fourth-order valence-corrected chi connectivity index (χ4v) is 2.34. The molecule has 4 nitrogen and oxygen atoms in total. The van der Waals surface area contributed by atoms with Crippen molar-refractivity contribution in [2.45, 2.75) is 25.9 Å². The summed E-state index contributed by atoms with van der Waals surface area (Å²) in [6.07, 6.45) is 2.42. The van der Waals surface area contributed by atoms with E-state index in [2.05, 4.69) is 4.90 Å². The highest BCUT2D eigenvalue weighted by Crippen LogP contribution is 2.14. The molecule has 1 heterocycles. The van der Waals surface area contributed by atoms with Gasteiger partial charge in [-0.1, -0.05) is 0 Å². The van der Waals surface area contributed by atoms with Gasteiger partial charge in [0, 0.05) is 6.54 Å². The number of hydrogen-bond donors (Lipinski definition) is 0. The minimum atomic E-state index is -0.269. The third kappa shape index (κ3) is 3.96. The lowest BCUT2D eigenvalue weighted by atomic mass is 10.2. The number of likely N-dealkylation sites (tertiary alicyclic amines) is 1. The molecule has 1 aromatic rings. The number of nitrogens with zero attached hydrogens (tertiary/aromatic N) is 1. The van der Waals surface area contributed by atoms with Crippen molar-refractivity contribution in [2.24, 2.45) is 0 Å². The van der Waals surface area contributed by atoms with Gasteiger partial charge in [-0.2, -0.15) is 0 Å². The minimum Gasteiger partial charge on any atom is -0.497 e. The summed E-state index contributed by atoms with van der Waals surface area (Å²) in [7, 11) is 1.60. The van der Waals surface area contributed by atoms with Crippen molar-refractivity contribution in [3.63, 3.8) is 0 Å². The standard InChI is InChI=1S/C15H21NO3/c1-12(11-16-9-3-4-10-16)19-15(17)13-5-7-14(18-2)8-6-13/h5-8,12H,3-4,9-11H2,1-2H3. The molecule has 4 heteroatoms. The van der Waals surface area contributed by atoms with Crippen LogP contribution in [0.25, 0.3) is 0 Å². The van der Waals surface area contributed by atoms with Crippen LogP contribution in [0.2, 0.25) is 0 Å². The first-order valence-electron chi connectivity index (χ1n) is 6.76. The lowest BCUT2D eigenvalue weighted by Gasteiger charge is -2.20. The molecule has 1 saturated heterocycles. The average molecular weight is 263 g/mol. The van der Waals surface area contributed by atoms with E-state index in [0.717, 1.165) is 25.4 Å². The lowest BCUT2D eigenvalue weighted by Crippen LogP contribution is -2.31. The maximum absolute atomic E-state index is 11.9. The molecule has 19 heavy (non-hydrogen) atoms. The number of rotatable bonds is 5. The van der Waals surface area contributed by atoms with Crippen LogP contribution in [0.4, 0.5) is 0 Å². The van der Waals surface area contributed by atoms with E-state index < -0.39 is 0 Å². The fourth-order valence-electron chi connectivity index (χ4n) is 2.34. The van der Waals surface area contributed by atoms with Gasteiger partial charge in [-0.05, 0) is 57.1 Å². The summed E-state index contributed by atoms with van der Waals surface area (Å²) in [4.78, 5) is 14.3. The smallest absolute Gasteiger partial charge is 0.338 e. The van der Waals surface area contributed by atoms with Gasteiger partial charge < -0.3 is 9.47 Å². The Hall–Kier alpha value is -1.55. The predicted molar refractivity (Wildman–Crippen MR) is 73.5 cm³/mol. The Bertz CT molecular complexity index is 410. The summed E-state index contributed by atoms with van der Waals surface area (Å²) in [6, 6.07) is 6.98. The number of methoxy groups -OCH3 is 1. The third-order valence-electron chi connectivity index (χ3n) is 3.35. The molecular formula is C15H21NO3. The van der Waals surface area contributed by atoms with Crippen LogP contribution in [-0.4, -0.2) is 43.7 Å². The van der Waals surface area contributed by atoms with E-state index in [1.807, 2.05) is 6.92 Å². The summed E-state index contributed by atoms with van der Waals surface area (Å²) in [5.74, 6) is 0.469. The molecule has 0 radical (unpaired) electrons. The number of benzene rings is 1. The van der Waals surface area contributed by atoms with Crippen molar-refractivity contribution < 1.29 is 14.3 Å². The van der Waals surface area contributed by atoms with Crippen LogP contribution < -0.4 is 4.74 Å². The van der Waals surface area contributed by atoms with Gasteiger partial charge in [0.2, 0.25) is 0 Å². The molecule has 1 aliphatic heterocycles. The van der Waals surface area contributed by atoms with Gasteiger partial charge in [-0.3, -0.25) is 4.90 Å². The van der Waals surface area contributed by atoms with Gasteiger partial charge in [0.1, 0.15) is 11.9 Å². The molecule has 0 spiro atoms. The van der Waals surface area contributed by atoms with Crippen LogP contribution in [0.15, 0.2) is 24.3 Å². The molecule has 0 aromatic heterocycles. The van der Waals surface area contributed by atoms with Crippen molar-refractivity contribution in [2.75, 3.05) is 26.7 Å². The Morgan fingerprint density at radius 2 is 1.89 bits per heavy atom. The third-order valence-corrected chi connectivity index (χ3v) is 3.35. The number of hydrogen-bond acceptors (Lipinski definition) is 4. The summed E-state index contributed by atoms with van der Waals surface area (Å²) in [5.41, 5.74) is 0.564. The molecule has 1 fully saturated rings. The molecule has 1 atom stereocenters. The van der Waals surface area contributed by atoms with E-state index in [9.17, 15) is 4.79 Å². The van der Waals surface area contributed by atoms with Crippen molar-refractivity contribution in [3.05, 3.63) is 29.8 Å². The molecule has 2 rings (SSSR count). The molecule has 104 valence electrons. The Morgan fingerprint density at radius 1 is 1.26 bits per heavy atom. The summed E-state index contributed by atoms with van der Waals surface area (Å²) >= 11 is 0. The lowest BCUT2D eigenvalue weighted by molar-refractivity contribution is 0.0271. The van der Waals surface area contributed by atoms with Gasteiger partial charge in [0.25, 0.3) is 0 Å². The molecule has 0 aliphatic carbocycles. The molecule has 0 N–H and O–H groups in total. The first-order chi connectivity index (χ1) is 9.19. The normalized spacial score (nSPS) is 17.2.